The predicted octanol–water partition coefficient (Wildman–Crippen LogP) is 3.60. The van der Waals surface area contributed by atoms with E-state index in [1.165, 1.54) is 0 Å². The lowest BCUT2D eigenvalue weighted by atomic mass is 10.2. The highest BCUT2D eigenvalue weighted by molar-refractivity contribution is 7.80. The molecule has 1 unspecified atom stereocenters. The number of hydrogen-bond donors (Lipinski definition) is 1. The average molecular weight is 238 g/mol. The summed E-state index contributed by atoms with van der Waals surface area (Å²) in [6.45, 7) is 2.09. The minimum Gasteiger partial charge on any atom is -0.179 e. The first-order valence-corrected chi connectivity index (χ1v) is 9.01. The molecule has 0 aromatic heterocycles. The second-order valence-corrected chi connectivity index (χ2v) is 12.1. The highest BCUT2D eigenvalue weighted by Crippen LogP contribution is 2.30. The number of hydrogen-bond acceptors (Lipinski definition) is 1. The smallest absolute Gasteiger partial charge is 0.179 e. The minimum atomic E-state index is -2.37. The first kappa shape index (κ1) is 11.4. The highest BCUT2D eigenvalue weighted by atomic mass is 35.8. The SMILES string of the molecule is CC(CCS)C[Si](Cl)(Cl)Cl. The van der Waals surface area contributed by atoms with E-state index in [1.807, 2.05) is 0 Å². The van der Waals surface area contributed by atoms with E-state index in [-0.39, 0.29) is 0 Å². The van der Waals surface area contributed by atoms with E-state index < -0.39 is 6.00 Å². The van der Waals surface area contributed by atoms with Crippen LogP contribution in [0.5, 0.6) is 0 Å². The van der Waals surface area contributed by atoms with Gasteiger partial charge in [-0.15, -0.1) is 33.2 Å². The van der Waals surface area contributed by atoms with Crippen LogP contribution in [0.15, 0.2) is 0 Å². The molecule has 0 radical (unpaired) electrons. The summed E-state index contributed by atoms with van der Waals surface area (Å²) in [5, 5.41) is 0. The molecule has 0 amide bonds. The quantitative estimate of drug-likeness (QED) is 0.431. The lowest BCUT2D eigenvalue weighted by Gasteiger charge is -2.13. The van der Waals surface area contributed by atoms with Gasteiger partial charge in [0.05, 0.1) is 0 Å². The van der Waals surface area contributed by atoms with Gasteiger partial charge in [-0.2, -0.15) is 12.6 Å². The van der Waals surface area contributed by atoms with Gasteiger partial charge in [0, 0.05) is 0 Å². The maximum atomic E-state index is 5.71. The van der Waals surface area contributed by atoms with Crippen molar-refractivity contribution in [3.8, 4) is 0 Å². The van der Waals surface area contributed by atoms with Crippen molar-refractivity contribution in [1.82, 2.24) is 0 Å². The fourth-order valence-electron chi connectivity index (χ4n) is 0.718. The van der Waals surface area contributed by atoms with Crippen molar-refractivity contribution in [3.63, 3.8) is 0 Å². The molecule has 0 rings (SSSR count). The van der Waals surface area contributed by atoms with Crippen LogP contribution in [0.1, 0.15) is 13.3 Å². The van der Waals surface area contributed by atoms with Crippen LogP contribution in [-0.4, -0.2) is 11.8 Å². The van der Waals surface area contributed by atoms with Gasteiger partial charge in [0.25, 0.3) is 0 Å². The fourth-order valence-corrected chi connectivity index (χ4v) is 4.52. The third-order valence-electron chi connectivity index (χ3n) is 1.20. The zero-order chi connectivity index (χ0) is 8.20. The van der Waals surface area contributed by atoms with Gasteiger partial charge in [-0.25, -0.2) is 0 Å². The Kier molecular flexibility index (Phi) is 5.89. The largest absolute Gasteiger partial charge is 0.341 e. The molecule has 5 heteroatoms. The van der Waals surface area contributed by atoms with Gasteiger partial charge in [0.15, 0.2) is 0 Å². The number of halogens is 3. The molecule has 0 aliphatic carbocycles. The lowest BCUT2D eigenvalue weighted by molar-refractivity contribution is 0.629. The van der Waals surface area contributed by atoms with Crippen LogP contribution in [0.25, 0.3) is 0 Å². The lowest BCUT2D eigenvalue weighted by Crippen LogP contribution is -2.14. The monoisotopic (exact) mass is 236 g/mol. The average Bonchev–Trinajstić information content (AvgIpc) is 1.59. The van der Waals surface area contributed by atoms with Crippen molar-refractivity contribution in [3.05, 3.63) is 0 Å². The van der Waals surface area contributed by atoms with E-state index in [1.54, 1.807) is 0 Å². The first-order chi connectivity index (χ1) is 4.45. The number of thiol groups is 1. The molecule has 0 aliphatic rings. The van der Waals surface area contributed by atoms with Gasteiger partial charge in [0.2, 0.25) is 0 Å². The van der Waals surface area contributed by atoms with Crippen LogP contribution in [-0.2, 0) is 0 Å². The Morgan fingerprint density at radius 1 is 1.40 bits per heavy atom. The third kappa shape index (κ3) is 7.54. The molecule has 10 heavy (non-hydrogen) atoms. The van der Waals surface area contributed by atoms with Gasteiger partial charge in [0.1, 0.15) is 0 Å². The van der Waals surface area contributed by atoms with Crippen LogP contribution in [0.4, 0.5) is 0 Å². The van der Waals surface area contributed by atoms with E-state index in [4.69, 9.17) is 33.2 Å². The third-order valence-corrected chi connectivity index (χ3v) is 4.01. The van der Waals surface area contributed by atoms with Crippen LogP contribution in [0.3, 0.4) is 0 Å². The number of rotatable bonds is 4. The van der Waals surface area contributed by atoms with E-state index >= 15 is 0 Å². The Labute approximate surface area is 82.8 Å². The Hall–Kier alpha value is 1.44. The predicted molar refractivity (Wildman–Crippen MR) is 55.8 cm³/mol. The Morgan fingerprint density at radius 2 is 1.90 bits per heavy atom. The topological polar surface area (TPSA) is 0 Å². The molecule has 0 spiro atoms. The van der Waals surface area contributed by atoms with Gasteiger partial charge in [-0.3, -0.25) is 0 Å². The van der Waals surface area contributed by atoms with Gasteiger partial charge >= 0.3 is 6.00 Å². The molecule has 0 aromatic rings. The van der Waals surface area contributed by atoms with Gasteiger partial charge in [-0.1, -0.05) is 6.92 Å². The molecule has 0 heterocycles. The van der Waals surface area contributed by atoms with Gasteiger partial charge in [-0.05, 0) is 24.1 Å². The second-order valence-electron chi connectivity index (χ2n) is 2.44. The zero-order valence-corrected chi connectivity index (χ0v) is 9.94. The summed E-state index contributed by atoms with van der Waals surface area (Å²) in [5.74, 6) is 1.37. The molecule has 0 bridgehead atoms. The molecule has 0 N–H and O–H groups in total. The first-order valence-electron chi connectivity index (χ1n) is 3.13. The van der Waals surface area contributed by atoms with Crippen LogP contribution in [0, 0.1) is 5.92 Å². The molecular weight excluding hydrogens is 227 g/mol. The van der Waals surface area contributed by atoms with Crippen molar-refractivity contribution >= 4 is 51.9 Å². The molecule has 0 fully saturated rings. The fraction of sp³-hybridized carbons (Fsp3) is 1.00. The Bertz CT molecular complexity index is 93.4. The molecule has 0 saturated carbocycles. The van der Waals surface area contributed by atoms with E-state index in [2.05, 4.69) is 19.6 Å². The highest BCUT2D eigenvalue weighted by Gasteiger charge is 2.26. The van der Waals surface area contributed by atoms with Crippen molar-refractivity contribution in [2.75, 3.05) is 5.75 Å². The van der Waals surface area contributed by atoms with Gasteiger partial charge < -0.3 is 0 Å². The summed E-state index contributed by atoms with van der Waals surface area (Å²) < 4.78 is 0. The second kappa shape index (κ2) is 5.15. The molecular formula is C5H11Cl3SSi. The summed E-state index contributed by atoms with van der Waals surface area (Å²) in [4.78, 5) is 0. The summed E-state index contributed by atoms with van der Waals surface area (Å²) in [6, 6.07) is -1.63. The van der Waals surface area contributed by atoms with Crippen LogP contribution >= 0.6 is 45.9 Å². The van der Waals surface area contributed by atoms with E-state index in [9.17, 15) is 0 Å². The maximum absolute atomic E-state index is 5.71. The zero-order valence-electron chi connectivity index (χ0n) is 5.78. The van der Waals surface area contributed by atoms with Crippen LogP contribution < -0.4 is 0 Å². The molecule has 0 aromatic carbocycles. The summed E-state index contributed by atoms with van der Waals surface area (Å²) in [6.07, 6.45) is 1.03. The molecule has 62 valence electrons. The van der Waals surface area contributed by atoms with Crippen molar-refractivity contribution < 1.29 is 0 Å². The maximum Gasteiger partial charge on any atom is 0.341 e. The molecule has 1 atom stereocenters. The van der Waals surface area contributed by atoms with Crippen molar-refractivity contribution in [2.24, 2.45) is 5.92 Å². The summed E-state index contributed by atoms with van der Waals surface area (Å²) in [5.41, 5.74) is 0. The normalized spacial score (nSPS) is 15.3. The van der Waals surface area contributed by atoms with E-state index in [0.717, 1.165) is 18.2 Å². The minimum absolute atomic E-state index is 0.497. The van der Waals surface area contributed by atoms with Crippen molar-refractivity contribution in [2.45, 2.75) is 19.4 Å². The van der Waals surface area contributed by atoms with E-state index in [0.29, 0.717) is 5.92 Å². The summed E-state index contributed by atoms with van der Waals surface area (Å²) >= 11 is 21.2. The Morgan fingerprint density at radius 3 is 2.20 bits per heavy atom. The molecule has 0 aliphatic heterocycles. The summed E-state index contributed by atoms with van der Waals surface area (Å²) in [7, 11) is 0. The Balaban J connectivity index is 3.47. The standard InChI is InChI=1S/C5H11Cl3SSi/c1-5(2-3-9)4-10(6,7)8/h5,9H,2-4H2,1H3. The van der Waals surface area contributed by atoms with Crippen LogP contribution in [0.2, 0.25) is 6.04 Å². The van der Waals surface area contributed by atoms with Crippen molar-refractivity contribution in [1.29, 1.82) is 0 Å². The molecule has 0 nitrogen and oxygen atoms in total. The molecule has 0 saturated heterocycles.